The second-order valence-electron chi connectivity index (χ2n) is 4.76. The highest BCUT2D eigenvalue weighted by molar-refractivity contribution is 4.51. The van der Waals surface area contributed by atoms with Gasteiger partial charge in [0.1, 0.15) is 19.0 Å². The third-order valence-electron chi connectivity index (χ3n) is 2.96. The molecule has 0 radical (unpaired) electrons. The molecule has 0 aliphatic carbocycles. The summed E-state index contributed by atoms with van der Waals surface area (Å²) in [5.74, 6) is 0. The molecule has 4 heteroatoms. The van der Waals surface area contributed by atoms with Gasteiger partial charge in [-0.1, -0.05) is 64.7 Å². The smallest absolute Gasteiger partial charge is 0.119 e. The highest BCUT2D eigenvalue weighted by atomic mass is 14.9. The van der Waals surface area contributed by atoms with Crippen molar-refractivity contribution in [2.75, 3.05) is 6.54 Å². The monoisotopic (exact) mass is 266 g/mol. The van der Waals surface area contributed by atoms with Crippen molar-refractivity contribution in [2.45, 2.75) is 71.1 Å². The minimum Gasteiger partial charge on any atom is -0.330 e. The van der Waals surface area contributed by atoms with Crippen molar-refractivity contribution in [2.24, 2.45) is 5.73 Å². The van der Waals surface area contributed by atoms with Gasteiger partial charge in [-0.2, -0.15) is 0 Å². The predicted octanol–water partition coefficient (Wildman–Crippen LogP) is 3.74. The van der Waals surface area contributed by atoms with Crippen molar-refractivity contribution in [3.63, 3.8) is 0 Å². The molecule has 0 saturated carbocycles. The van der Waals surface area contributed by atoms with E-state index in [9.17, 15) is 0 Å². The normalized spacial score (nSPS) is 9.79. The largest absolute Gasteiger partial charge is 0.330 e. The summed E-state index contributed by atoms with van der Waals surface area (Å²) in [5.41, 5.74) is 5.42. The molecule has 0 aliphatic rings. The highest BCUT2D eigenvalue weighted by Crippen LogP contribution is 2.09. The van der Waals surface area contributed by atoms with Crippen molar-refractivity contribution < 1.29 is 0 Å². The van der Waals surface area contributed by atoms with Crippen LogP contribution >= 0.6 is 0 Å². The van der Waals surface area contributed by atoms with Gasteiger partial charge in [0.2, 0.25) is 0 Å². The van der Waals surface area contributed by atoms with E-state index < -0.39 is 0 Å². The maximum absolute atomic E-state index is 5.42. The van der Waals surface area contributed by atoms with Gasteiger partial charge >= 0.3 is 0 Å². The zero-order valence-electron chi connectivity index (χ0n) is 12.4. The van der Waals surface area contributed by atoms with Crippen molar-refractivity contribution in [3.05, 3.63) is 19.0 Å². The van der Waals surface area contributed by atoms with Gasteiger partial charge in [0.05, 0.1) is 0 Å². The number of unbranched alkanes of at least 4 members (excludes halogenated alkanes) is 9. The van der Waals surface area contributed by atoms with Gasteiger partial charge < -0.3 is 5.73 Å². The Balaban J connectivity index is 0.000000443. The summed E-state index contributed by atoms with van der Waals surface area (Å²) in [4.78, 5) is 10.7. The minimum atomic E-state index is 0.872. The van der Waals surface area contributed by atoms with Gasteiger partial charge in [-0.15, -0.1) is 0 Å². The standard InChI is InChI=1S/C12H27N.C3H3N3/c1-2-3-4-5-6-7-8-9-10-11-12-13;1-4-2-6-3-5-1/h2-13H2,1H3;1-3H. The Kier molecular flexibility index (Phi) is 16.1. The van der Waals surface area contributed by atoms with Crippen LogP contribution in [0.4, 0.5) is 0 Å². The van der Waals surface area contributed by atoms with Crippen molar-refractivity contribution in [1.82, 2.24) is 15.0 Å². The van der Waals surface area contributed by atoms with E-state index in [2.05, 4.69) is 21.9 Å². The number of nitrogens with zero attached hydrogens (tertiary/aromatic N) is 3. The molecule has 0 bridgehead atoms. The molecule has 1 aromatic heterocycles. The second-order valence-corrected chi connectivity index (χ2v) is 4.76. The number of hydrogen-bond donors (Lipinski definition) is 1. The molecule has 19 heavy (non-hydrogen) atoms. The summed E-state index contributed by atoms with van der Waals surface area (Å²) < 4.78 is 0. The predicted molar refractivity (Wildman–Crippen MR) is 80.7 cm³/mol. The molecule has 110 valence electrons. The molecule has 0 unspecified atom stereocenters. The van der Waals surface area contributed by atoms with Crippen molar-refractivity contribution >= 4 is 0 Å². The van der Waals surface area contributed by atoms with Crippen LogP contribution < -0.4 is 5.73 Å². The fraction of sp³-hybridized carbons (Fsp3) is 0.800. The van der Waals surface area contributed by atoms with Gasteiger partial charge in [-0.05, 0) is 13.0 Å². The lowest BCUT2D eigenvalue weighted by molar-refractivity contribution is 0.558. The fourth-order valence-corrected chi connectivity index (χ4v) is 1.84. The van der Waals surface area contributed by atoms with Crippen LogP contribution in [0.15, 0.2) is 19.0 Å². The average molecular weight is 266 g/mol. The average Bonchev–Trinajstić information content (AvgIpc) is 2.48. The van der Waals surface area contributed by atoms with Crippen LogP contribution in [0, 0.1) is 0 Å². The van der Waals surface area contributed by atoms with Crippen LogP contribution in [0.3, 0.4) is 0 Å². The van der Waals surface area contributed by atoms with Gasteiger partial charge in [-0.25, -0.2) is 15.0 Å². The first-order valence-electron chi connectivity index (χ1n) is 7.66. The summed E-state index contributed by atoms with van der Waals surface area (Å²) in [5, 5.41) is 0. The zero-order valence-corrected chi connectivity index (χ0v) is 12.4. The molecule has 0 spiro atoms. The molecule has 0 aliphatic heterocycles. The first-order chi connectivity index (χ1) is 9.41. The molecule has 0 fully saturated rings. The summed E-state index contributed by atoms with van der Waals surface area (Å²) in [6.07, 6.45) is 18.2. The van der Waals surface area contributed by atoms with Gasteiger partial charge in [0.25, 0.3) is 0 Å². The Morgan fingerprint density at radius 2 is 1.00 bits per heavy atom. The van der Waals surface area contributed by atoms with Gasteiger partial charge in [-0.3, -0.25) is 0 Å². The minimum absolute atomic E-state index is 0.872. The van der Waals surface area contributed by atoms with Gasteiger partial charge in [0, 0.05) is 0 Å². The van der Waals surface area contributed by atoms with E-state index in [0.717, 1.165) is 6.54 Å². The molecule has 2 N–H and O–H groups in total. The van der Waals surface area contributed by atoms with Crippen LogP contribution in [-0.2, 0) is 0 Å². The maximum Gasteiger partial charge on any atom is 0.119 e. The number of nitrogens with two attached hydrogens (primary N) is 1. The van der Waals surface area contributed by atoms with Crippen LogP contribution in [0.2, 0.25) is 0 Å². The lowest BCUT2D eigenvalue weighted by Gasteiger charge is -2.00. The van der Waals surface area contributed by atoms with E-state index in [1.807, 2.05) is 0 Å². The Morgan fingerprint density at radius 3 is 1.32 bits per heavy atom. The molecule has 0 aromatic carbocycles. The van der Waals surface area contributed by atoms with E-state index in [1.54, 1.807) is 0 Å². The zero-order chi connectivity index (χ0) is 14.0. The Morgan fingerprint density at radius 1 is 0.632 bits per heavy atom. The maximum atomic E-state index is 5.42. The van der Waals surface area contributed by atoms with E-state index in [0.29, 0.717) is 0 Å². The van der Waals surface area contributed by atoms with Crippen LogP contribution in [0.25, 0.3) is 0 Å². The van der Waals surface area contributed by atoms with E-state index in [4.69, 9.17) is 5.73 Å². The van der Waals surface area contributed by atoms with Crippen LogP contribution in [0.5, 0.6) is 0 Å². The van der Waals surface area contributed by atoms with Crippen molar-refractivity contribution in [1.29, 1.82) is 0 Å². The highest BCUT2D eigenvalue weighted by Gasteiger charge is 1.91. The van der Waals surface area contributed by atoms with E-state index in [1.165, 1.54) is 83.2 Å². The Hall–Kier alpha value is -1.03. The van der Waals surface area contributed by atoms with E-state index >= 15 is 0 Å². The third-order valence-corrected chi connectivity index (χ3v) is 2.96. The first-order valence-corrected chi connectivity index (χ1v) is 7.66. The molecule has 0 atom stereocenters. The molecule has 1 rings (SSSR count). The van der Waals surface area contributed by atoms with Crippen molar-refractivity contribution in [3.8, 4) is 0 Å². The second kappa shape index (κ2) is 17.0. The SMILES string of the molecule is CCCCCCCCCCCCN.c1ncncn1. The summed E-state index contributed by atoms with van der Waals surface area (Å²) >= 11 is 0. The molecular formula is C15H30N4. The topological polar surface area (TPSA) is 64.7 Å². The van der Waals surface area contributed by atoms with Crippen LogP contribution in [-0.4, -0.2) is 21.5 Å². The molecule has 0 saturated heterocycles. The number of aromatic nitrogens is 3. The number of rotatable bonds is 10. The molecule has 1 heterocycles. The van der Waals surface area contributed by atoms with Crippen LogP contribution in [0.1, 0.15) is 71.1 Å². The van der Waals surface area contributed by atoms with E-state index in [-0.39, 0.29) is 0 Å². The summed E-state index contributed by atoms with van der Waals surface area (Å²) in [7, 11) is 0. The quantitative estimate of drug-likeness (QED) is 0.655. The molecule has 4 nitrogen and oxygen atoms in total. The molecular weight excluding hydrogens is 236 g/mol. The summed E-state index contributed by atoms with van der Waals surface area (Å²) in [6.45, 7) is 3.14. The lowest BCUT2D eigenvalue weighted by Crippen LogP contribution is -1.97. The fourth-order valence-electron chi connectivity index (χ4n) is 1.84. The number of hydrogen-bond acceptors (Lipinski definition) is 4. The summed E-state index contributed by atoms with van der Waals surface area (Å²) in [6, 6.07) is 0. The molecule has 0 amide bonds. The Labute approximate surface area is 118 Å². The van der Waals surface area contributed by atoms with Gasteiger partial charge in [0.15, 0.2) is 0 Å². The molecule has 1 aromatic rings. The third kappa shape index (κ3) is 17.0. The Bertz CT molecular complexity index is 204. The first kappa shape index (κ1) is 18.0. The lowest BCUT2D eigenvalue weighted by atomic mass is 10.1.